The Balaban J connectivity index is 1.53. The molecule has 0 aliphatic rings. The van der Waals surface area contributed by atoms with Crippen LogP contribution in [0.25, 0.3) is 11.3 Å². The Hall–Kier alpha value is -3.59. The number of benzene rings is 2. The molecule has 1 aromatic heterocycles. The van der Waals surface area contributed by atoms with E-state index in [4.69, 9.17) is 18.9 Å². The number of hydrogen-bond acceptors (Lipinski definition) is 8. The number of amides is 1. The molecule has 0 saturated carbocycles. The molecule has 0 bridgehead atoms. The van der Waals surface area contributed by atoms with Crippen LogP contribution in [0.1, 0.15) is 5.56 Å². The highest BCUT2D eigenvalue weighted by molar-refractivity contribution is 7.14. The lowest BCUT2D eigenvalue weighted by molar-refractivity contribution is -0.146. The van der Waals surface area contributed by atoms with Gasteiger partial charge in [-0.2, -0.15) is 0 Å². The van der Waals surface area contributed by atoms with Gasteiger partial charge in [-0.05, 0) is 35.9 Å². The standard InChI is InChI=1S/C22H22N2O6S/c1-27-16-6-4-5-14(9-16)10-21(26)30-12-20(25)24-22-23-17(13-31-22)15-7-8-18(28-2)19(11-15)29-3/h4-9,11,13H,10,12H2,1-3H3,(H,23,24,25). The molecule has 31 heavy (non-hydrogen) atoms. The smallest absolute Gasteiger partial charge is 0.310 e. The fraction of sp³-hybridized carbons (Fsp3) is 0.227. The largest absolute Gasteiger partial charge is 0.497 e. The average Bonchev–Trinajstić information content (AvgIpc) is 3.25. The first-order chi connectivity index (χ1) is 15.0. The molecular formula is C22H22N2O6S. The van der Waals surface area contributed by atoms with Gasteiger partial charge in [0.25, 0.3) is 5.91 Å². The molecule has 0 unspecified atom stereocenters. The quantitative estimate of drug-likeness (QED) is 0.506. The number of hydrogen-bond donors (Lipinski definition) is 1. The normalized spacial score (nSPS) is 10.3. The van der Waals surface area contributed by atoms with Crippen molar-refractivity contribution in [2.75, 3.05) is 33.3 Å². The summed E-state index contributed by atoms with van der Waals surface area (Å²) in [5.74, 6) is 0.880. The van der Waals surface area contributed by atoms with Crippen molar-refractivity contribution < 1.29 is 28.5 Å². The van der Waals surface area contributed by atoms with E-state index in [9.17, 15) is 9.59 Å². The number of carbonyl (C=O) groups is 2. The predicted octanol–water partition coefficient (Wildman–Crippen LogP) is 3.56. The van der Waals surface area contributed by atoms with Gasteiger partial charge in [-0.1, -0.05) is 12.1 Å². The van der Waals surface area contributed by atoms with Crippen LogP contribution >= 0.6 is 11.3 Å². The lowest BCUT2D eigenvalue weighted by atomic mass is 10.1. The minimum absolute atomic E-state index is 0.0468. The van der Waals surface area contributed by atoms with E-state index in [1.54, 1.807) is 57.7 Å². The molecule has 0 spiro atoms. The fourth-order valence-electron chi connectivity index (χ4n) is 2.76. The summed E-state index contributed by atoms with van der Waals surface area (Å²) in [5.41, 5.74) is 2.24. The molecular weight excluding hydrogens is 420 g/mol. The number of thiazole rings is 1. The zero-order chi connectivity index (χ0) is 22.2. The Labute approximate surface area is 183 Å². The molecule has 9 heteroatoms. The highest BCUT2D eigenvalue weighted by Gasteiger charge is 2.13. The summed E-state index contributed by atoms with van der Waals surface area (Å²) in [6.45, 7) is -0.395. The molecule has 0 atom stereocenters. The van der Waals surface area contributed by atoms with Gasteiger partial charge in [0.2, 0.25) is 0 Å². The molecule has 8 nitrogen and oxygen atoms in total. The predicted molar refractivity (Wildman–Crippen MR) is 117 cm³/mol. The van der Waals surface area contributed by atoms with Crippen molar-refractivity contribution in [1.29, 1.82) is 0 Å². The topological polar surface area (TPSA) is 96.0 Å². The number of aromatic nitrogens is 1. The maximum Gasteiger partial charge on any atom is 0.310 e. The van der Waals surface area contributed by atoms with E-state index in [1.165, 1.54) is 11.3 Å². The molecule has 3 aromatic rings. The molecule has 1 N–H and O–H groups in total. The van der Waals surface area contributed by atoms with E-state index in [1.807, 2.05) is 11.4 Å². The third-order valence-corrected chi connectivity index (χ3v) is 5.03. The second-order valence-corrected chi connectivity index (χ2v) is 7.20. The Morgan fingerprint density at radius 3 is 2.55 bits per heavy atom. The van der Waals surface area contributed by atoms with Gasteiger partial charge in [0.15, 0.2) is 23.2 Å². The zero-order valence-corrected chi connectivity index (χ0v) is 18.2. The van der Waals surface area contributed by atoms with E-state index >= 15 is 0 Å². The molecule has 0 fully saturated rings. The van der Waals surface area contributed by atoms with Gasteiger partial charge in [0.1, 0.15) is 5.75 Å². The SMILES string of the molecule is COc1cccc(CC(=O)OCC(=O)Nc2nc(-c3ccc(OC)c(OC)c3)cs2)c1. The number of carbonyl (C=O) groups excluding carboxylic acids is 2. The van der Waals surface area contributed by atoms with Gasteiger partial charge < -0.3 is 18.9 Å². The van der Waals surface area contributed by atoms with Crippen molar-refractivity contribution in [2.45, 2.75) is 6.42 Å². The summed E-state index contributed by atoms with van der Waals surface area (Å²) in [5, 5.41) is 4.85. The van der Waals surface area contributed by atoms with Crippen LogP contribution in [0.5, 0.6) is 17.2 Å². The summed E-state index contributed by atoms with van der Waals surface area (Å²) in [6, 6.07) is 12.5. The molecule has 1 amide bonds. The minimum atomic E-state index is -0.506. The Bertz CT molecular complexity index is 1070. The van der Waals surface area contributed by atoms with E-state index in [2.05, 4.69) is 10.3 Å². The summed E-state index contributed by atoms with van der Waals surface area (Å²) in [4.78, 5) is 28.5. The first-order valence-electron chi connectivity index (χ1n) is 9.28. The number of esters is 1. The first-order valence-corrected chi connectivity index (χ1v) is 10.2. The van der Waals surface area contributed by atoms with Crippen molar-refractivity contribution in [3.8, 4) is 28.5 Å². The van der Waals surface area contributed by atoms with Crippen LogP contribution in [0.3, 0.4) is 0 Å². The molecule has 0 aliphatic heterocycles. The first kappa shape index (κ1) is 22.1. The number of methoxy groups -OCH3 is 3. The second-order valence-electron chi connectivity index (χ2n) is 6.34. The van der Waals surface area contributed by atoms with Crippen LogP contribution in [0.2, 0.25) is 0 Å². The van der Waals surface area contributed by atoms with Crippen molar-refractivity contribution in [1.82, 2.24) is 4.98 Å². The number of ether oxygens (including phenoxy) is 4. The molecule has 2 aromatic carbocycles. The number of nitrogens with zero attached hydrogens (tertiary/aromatic N) is 1. The van der Waals surface area contributed by atoms with Crippen LogP contribution in [0.4, 0.5) is 5.13 Å². The van der Waals surface area contributed by atoms with Crippen molar-refractivity contribution in [2.24, 2.45) is 0 Å². The second kappa shape index (κ2) is 10.4. The van der Waals surface area contributed by atoms with Gasteiger partial charge in [-0.15, -0.1) is 11.3 Å². The van der Waals surface area contributed by atoms with E-state index < -0.39 is 18.5 Å². The molecule has 3 rings (SSSR count). The Morgan fingerprint density at radius 2 is 1.81 bits per heavy atom. The molecule has 0 saturated heterocycles. The minimum Gasteiger partial charge on any atom is -0.497 e. The molecule has 1 heterocycles. The van der Waals surface area contributed by atoms with E-state index in [-0.39, 0.29) is 6.42 Å². The third-order valence-electron chi connectivity index (χ3n) is 4.28. The lowest BCUT2D eigenvalue weighted by Gasteiger charge is -2.08. The zero-order valence-electron chi connectivity index (χ0n) is 17.3. The monoisotopic (exact) mass is 442 g/mol. The Kier molecular flexibility index (Phi) is 7.45. The average molecular weight is 442 g/mol. The van der Waals surface area contributed by atoms with Gasteiger partial charge in [-0.25, -0.2) is 4.98 Å². The Morgan fingerprint density at radius 1 is 1.00 bits per heavy atom. The van der Waals surface area contributed by atoms with E-state index in [0.717, 1.165) is 11.1 Å². The summed E-state index contributed by atoms with van der Waals surface area (Å²) < 4.78 is 20.7. The van der Waals surface area contributed by atoms with Crippen LogP contribution < -0.4 is 19.5 Å². The van der Waals surface area contributed by atoms with Gasteiger partial charge >= 0.3 is 5.97 Å². The van der Waals surface area contributed by atoms with Crippen molar-refractivity contribution >= 4 is 28.3 Å². The molecule has 0 aliphatic carbocycles. The maximum atomic E-state index is 12.1. The summed E-state index contributed by atoms with van der Waals surface area (Å²) in [7, 11) is 4.68. The van der Waals surface area contributed by atoms with Crippen LogP contribution in [0, 0.1) is 0 Å². The van der Waals surface area contributed by atoms with Crippen LogP contribution in [-0.4, -0.2) is 44.8 Å². The van der Waals surface area contributed by atoms with Gasteiger partial charge in [-0.3, -0.25) is 14.9 Å². The van der Waals surface area contributed by atoms with Crippen molar-refractivity contribution in [3.63, 3.8) is 0 Å². The van der Waals surface area contributed by atoms with Gasteiger partial charge in [0.05, 0.1) is 33.4 Å². The van der Waals surface area contributed by atoms with Crippen molar-refractivity contribution in [3.05, 3.63) is 53.4 Å². The fourth-order valence-corrected chi connectivity index (χ4v) is 3.50. The van der Waals surface area contributed by atoms with Crippen LogP contribution in [0.15, 0.2) is 47.8 Å². The summed E-state index contributed by atoms with van der Waals surface area (Å²) in [6.07, 6.45) is 0.0468. The summed E-state index contributed by atoms with van der Waals surface area (Å²) >= 11 is 1.27. The highest BCUT2D eigenvalue weighted by atomic mass is 32.1. The maximum absolute atomic E-state index is 12.1. The van der Waals surface area contributed by atoms with E-state index in [0.29, 0.717) is 28.1 Å². The number of anilines is 1. The van der Waals surface area contributed by atoms with Gasteiger partial charge in [0, 0.05) is 10.9 Å². The lowest BCUT2D eigenvalue weighted by Crippen LogP contribution is -2.21. The molecule has 0 radical (unpaired) electrons. The number of rotatable bonds is 9. The third kappa shape index (κ3) is 5.95. The van der Waals surface area contributed by atoms with Crippen LogP contribution in [-0.2, 0) is 20.7 Å². The molecule has 162 valence electrons. The highest BCUT2D eigenvalue weighted by Crippen LogP contribution is 2.33. The number of nitrogens with one attached hydrogen (secondary N) is 1.